The number of hydrogen-bond donors (Lipinski definition) is 1. The van der Waals surface area contributed by atoms with E-state index < -0.39 is 9.84 Å². The lowest BCUT2D eigenvalue weighted by Crippen LogP contribution is -2.48. The molecule has 0 saturated carbocycles. The van der Waals surface area contributed by atoms with Gasteiger partial charge in [0.25, 0.3) is 0 Å². The quantitative estimate of drug-likeness (QED) is 0.667. The Labute approximate surface area is 146 Å². The first kappa shape index (κ1) is 18.8. The second-order valence-corrected chi connectivity index (χ2v) is 9.01. The van der Waals surface area contributed by atoms with Gasteiger partial charge in [-0.25, -0.2) is 8.42 Å². The van der Waals surface area contributed by atoms with Gasteiger partial charge in [-0.3, -0.25) is 4.99 Å². The lowest BCUT2D eigenvalue weighted by Gasteiger charge is -2.37. The van der Waals surface area contributed by atoms with Crippen molar-refractivity contribution in [2.75, 3.05) is 32.9 Å². The summed E-state index contributed by atoms with van der Waals surface area (Å²) in [4.78, 5) is 7.12. The lowest BCUT2D eigenvalue weighted by molar-refractivity contribution is 0.208. The molecular weight excluding hydrogens is 322 g/mol. The molecule has 0 spiro atoms. The van der Waals surface area contributed by atoms with Gasteiger partial charge in [-0.05, 0) is 42.4 Å². The predicted octanol–water partition coefficient (Wildman–Crippen LogP) is 2.19. The van der Waals surface area contributed by atoms with E-state index in [4.69, 9.17) is 0 Å². The summed E-state index contributed by atoms with van der Waals surface area (Å²) in [5.74, 6) is 2.34. The van der Waals surface area contributed by atoms with E-state index in [9.17, 15) is 8.42 Å². The van der Waals surface area contributed by atoms with Crippen molar-refractivity contribution in [1.82, 2.24) is 10.2 Å². The van der Waals surface area contributed by atoms with E-state index in [2.05, 4.69) is 29.1 Å². The summed E-state index contributed by atoms with van der Waals surface area (Å²) >= 11 is 0. The van der Waals surface area contributed by atoms with Gasteiger partial charge in [0.2, 0.25) is 0 Å². The Bertz CT molecular complexity index is 658. The fourth-order valence-electron chi connectivity index (χ4n) is 3.39. The first-order valence-corrected chi connectivity index (χ1v) is 10.4. The number of hydrogen-bond acceptors (Lipinski definition) is 3. The van der Waals surface area contributed by atoms with Gasteiger partial charge in [0.1, 0.15) is 0 Å². The van der Waals surface area contributed by atoms with E-state index in [0.29, 0.717) is 16.7 Å². The minimum atomic E-state index is -3.12. The zero-order valence-corrected chi connectivity index (χ0v) is 15.9. The van der Waals surface area contributed by atoms with Crippen LogP contribution in [-0.4, -0.2) is 52.2 Å². The van der Waals surface area contributed by atoms with Crippen molar-refractivity contribution in [2.24, 2.45) is 16.8 Å². The Hall–Kier alpha value is -1.56. The number of nitrogens with one attached hydrogen (secondary N) is 1. The van der Waals surface area contributed by atoms with Gasteiger partial charge < -0.3 is 10.2 Å². The highest BCUT2D eigenvalue weighted by Crippen LogP contribution is 2.20. The molecule has 1 aliphatic heterocycles. The van der Waals surface area contributed by atoms with Crippen LogP contribution in [0.1, 0.15) is 25.8 Å². The topological polar surface area (TPSA) is 61.8 Å². The Balaban J connectivity index is 1.88. The first-order chi connectivity index (χ1) is 11.3. The zero-order valence-electron chi connectivity index (χ0n) is 15.1. The van der Waals surface area contributed by atoms with Crippen molar-refractivity contribution in [3.05, 3.63) is 29.8 Å². The number of benzene rings is 1. The van der Waals surface area contributed by atoms with Crippen LogP contribution in [0.15, 0.2) is 34.2 Å². The highest BCUT2D eigenvalue weighted by molar-refractivity contribution is 7.90. The van der Waals surface area contributed by atoms with Gasteiger partial charge in [0.05, 0.1) is 4.90 Å². The summed E-state index contributed by atoms with van der Waals surface area (Å²) in [5.41, 5.74) is 1.12. The average molecular weight is 352 g/mol. The van der Waals surface area contributed by atoms with Crippen LogP contribution >= 0.6 is 0 Å². The van der Waals surface area contributed by atoms with Crippen molar-refractivity contribution in [2.45, 2.75) is 31.6 Å². The van der Waals surface area contributed by atoms with Crippen molar-refractivity contribution in [1.29, 1.82) is 0 Å². The lowest BCUT2D eigenvalue weighted by atomic mass is 9.92. The number of guanidine groups is 1. The third kappa shape index (κ3) is 5.23. The molecule has 5 nitrogen and oxygen atoms in total. The molecule has 0 radical (unpaired) electrons. The van der Waals surface area contributed by atoms with Gasteiger partial charge in [-0.2, -0.15) is 0 Å². The van der Waals surface area contributed by atoms with E-state index in [1.165, 1.54) is 12.7 Å². The van der Waals surface area contributed by atoms with Gasteiger partial charge in [-0.1, -0.05) is 26.0 Å². The second kappa shape index (κ2) is 8.01. The van der Waals surface area contributed by atoms with Gasteiger partial charge in [-0.15, -0.1) is 0 Å². The largest absolute Gasteiger partial charge is 0.356 e. The van der Waals surface area contributed by atoms with Crippen LogP contribution in [0.3, 0.4) is 0 Å². The van der Waals surface area contributed by atoms with E-state index in [1.54, 1.807) is 12.1 Å². The predicted molar refractivity (Wildman–Crippen MR) is 99.1 cm³/mol. The Kier molecular flexibility index (Phi) is 6.27. The van der Waals surface area contributed by atoms with Crippen molar-refractivity contribution in [3.63, 3.8) is 0 Å². The molecule has 1 aromatic rings. The third-order valence-corrected chi connectivity index (χ3v) is 5.56. The van der Waals surface area contributed by atoms with Gasteiger partial charge >= 0.3 is 0 Å². The highest BCUT2D eigenvalue weighted by atomic mass is 32.2. The van der Waals surface area contributed by atoms with Crippen LogP contribution in [-0.2, 0) is 16.3 Å². The molecule has 0 bridgehead atoms. The minimum absolute atomic E-state index is 0.367. The number of rotatable bonds is 4. The van der Waals surface area contributed by atoms with Crippen LogP contribution in [0, 0.1) is 11.8 Å². The summed E-state index contributed by atoms with van der Waals surface area (Å²) in [6, 6.07) is 7.11. The summed E-state index contributed by atoms with van der Waals surface area (Å²) in [6.07, 6.45) is 3.34. The maximum Gasteiger partial charge on any atom is 0.193 e. The number of sulfone groups is 1. The first-order valence-electron chi connectivity index (χ1n) is 8.54. The molecule has 1 fully saturated rings. The van der Waals surface area contributed by atoms with Crippen molar-refractivity contribution >= 4 is 15.8 Å². The molecule has 2 atom stereocenters. The monoisotopic (exact) mass is 351 g/mol. The van der Waals surface area contributed by atoms with Crippen LogP contribution < -0.4 is 5.32 Å². The van der Waals surface area contributed by atoms with Crippen LogP contribution in [0.25, 0.3) is 0 Å². The van der Waals surface area contributed by atoms with Gasteiger partial charge in [0.15, 0.2) is 15.8 Å². The Morgan fingerprint density at radius 2 is 1.79 bits per heavy atom. The fourth-order valence-corrected chi connectivity index (χ4v) is 4.02. The van der Waals surface area contributed by atoms with E-state index >= 15 is 0 Å². The average Bonchev–Trinajstić information content (AvgIpc) is 2.50. The molecule has 134 valence electrons. The van der Waals surface area contributed by atoms with E-state index in [0.717, 1.165) is 37.6 Å². The molecule has 0 aromatic heterocycles. The molecular formula is C18H29N3O2S. The van der Waals surface area contributed by atoms with Crippen LogP contribution in [0.4, 0.5) is 0 Å². The SMILES string of the molecule is CN=C(NCCc1ccc(S(C)(=O)=O)cc1)N1CC(C)CC(C)C1. The fraction of sp³-hybridized carbons (Fsp3) is 0.611. The van der Waals surface area contributed by atoms with Crippen LogP contribution in [0.5, 0.6) is 0 Å². The van der Waals surface area contributed by atoms with E-state index in [1.807, 2.05) is 19.2 Å². The summed E-state index contributed by atoms with van der Waals surface area (Å²) in [5, 5.41) is 3.43. The molecule has 0 aliphatic carbocycles. The summed E-state index contributed by atoms with van der Waals surface area (Å²) < 4.78 is 23.0. The smallest absolute Gasteiger partial charge is 0.193 e. The molecule has 6 heteroatoms. The minimum Gasteiger partial charge on any atom is -0.356 e. The summed E-state index contributed by atoms with van der Waals surface area (Å²) in [7, 11) is -1.30. The van der Waals surface area contributed by atoms with Crippen LogP contribution in [0.2, 0.25) is 0 Å². The number of likely N-dealkylation sites (tertiary alicyclic amines) is 1. The number of nitrogens with zero attached hydrogens (tertiary/aromatic N) is 2. The second-order valence-electron chi connectivity index (χ2n) is 6.99. The molecule has 24 heavy (non-hydrogen) atoms. The molecule has 1 aliphatic rings. The Morgan fingerprint density at radius 3 is 2.29 bits per heavy atom. The van der Waals surface area contributed by atoms with Gasteiger partial charge in [0, 0.05) is 32.9 Å². The highest BCUT2D eigenvalue weighted by Gasteiger charge is 2.23. The molecule has 1 aromatic carbocycles. The number of piperidine rings is 1. The van der Waals surface area contributed by atoms with Crippen molar-refractivity contribution < 1.29 is 8.42 Å². The molecule has 2 rings (SSSR count). The standard InChI is InChI=1S/C18H29N3O2S/c1-14-11-15(2)13-21(12-14)18(19-3)20-10-9-16-5-7-17(8-6-16)24(4,22)23/h5-8,14-15H,9-13H2,1-4H3,(H,19,20). The van der Waals surface area contributed by atoms with Crippen molar-refractivity contribution in [3.8, 4) is 0 Å². The molecule has 1 N–H and O–H groups in total. The number of aliphatic imine (C=N–C) groups is 1. The molecule has 1 saturated heterocycles. The van der Waals surface area contributed by atoms with E-state index in [-0.39, 0.29) is 0 Å². The third-order valence-electron chi connectivity index (χ3n) is 4.43. The summed E-state index contributed by atoms with van der Waals surface area (Å²) in [6.45, 7) is 7.46. The maximum atomic E-state index is 11.5. The molecule has 1 heterocycles. The maximum absolute atomic E-state index is 11.5. The normalized spacial score (nSPS) is 22.5. The Morgan fingerprint density at radius 1 is 1.21 bits per heavy atom. The molecule has 0 amide bonds. The molecule has 2 unspecified atom stereocenters. The zero-order chi connectivity index (χ0) is 17.7.